The van der Waals surface area contributed by atoms with Crippen LogP contribution in [0.2, 0.25) is 0 Å². The molecule has 0 saturated heterocycles. The van der Waals surface area contributed by atoms with Crippen LogP contribution in [-0.2, 0) is 6.54 Å². The molecule has 0 atom stereocenters. The topological polar surface area (TPSA) is 32.3 Å². The van der Waals surface area contributed by atoms with Crippen LogP contribution >= 0.6 is 11.3 Å². The van der Waals surface area contributed by atoms with Gasteiger partial charge in [0.05, 0.1) is 0 Å². The van der Waals surface area contributed by atoms with E-state index < -0.39 is 18.8 Å². The number of alkyl halides is 3. The number of carbonyl (C=O) groups excluding carboxylic acids is 1. The minimum Gasteiger partial charge on any atom is -0.311 e. The number of nitrogens with one attached hydrogen (secondary N) is 1. The van der Waals surface area contributed by atoms with Crippen LogP contribution in [0.15, 0.2) is 35.0 Å². The van der Waals surface area contributed by atoms with Crippen molar-refractivity contribution in [2.45, 2.75) is 26.6 Å². The molecule has 2 rings (SSSR count). The summed E-state index contributed by atoms with van der Waals surface area (Å²) in [5.74, 6) is 0. The Kier molecular flexibility index (Phi) is 5.30. The van der Waals surface area contributed by atoms with Crippen LogP contribution in [0.25, 0.3) is 0 Å². The Morgan fingerprint density at radius 3 is 2.39 bits per heavy atom. The molecule has 1 aromatic heterocycles. The Bertz CT molecular complexity index is 648. The Morgan fingerprint density at radius 1 is 1.22 bits per heavy atom. The van der Waals surface area contributed by atoms with E-state index in [0.717, 1.165) is 16.0 Å². The van der Waals surface area contributed by atoms with Crippen LogP contribution in [0, 0.1) is 13.8 Å². The van der Waals surface area contributed by atoms with E-state index in [4.69, 9.17) is 0 Å². The molecule has 124 valence electrons. The highest BCUT2D eigenvalue weighted by atomic mass is 32.1. The molecule has 3 nitrogen and oxygen atoms in total. The van der Waals surface area contributed by atoms with Gasteiger partial charge in [0.2, 0.25) is 0 Å². The predicted molar refractivity (Wildman–Crippen MR) is 85.7 cm³/mol. The maximum absolute atomic E-state index is 12.7. The van der Waals surface area contributed by atoms with E-state index in [1.807, 2.05) is 19.9 Å². The zero-order valence-corrected chi connectivity index (χ0v) is 13.6. The number of rotatable bonds is 4. The molecular formula is C16H17F3N2OS. The summed E-state index contributed by atoms with van der Waals surface area (Å²) in [7, 11) is 0. The fraction of sp³-hybridized carbons (Fsp3) is 0.312. The maximum Gasteiger partial charge on any atom is 0.406 e. The normalized spacial score (nSPS) is 11.3. The summed E-state index contributed by atoms with van der Waals surface area (Å²) in [6, 6.07) is 6.31. The van der Waals surface area contributed by atoms with Crippen LogP contribution < -0.4 is 5.32 Å². The number of benzene rings is 1. The number of aryl methyl sites for hydroxylation is 2. The summed E-state index contributed by atoms with van der Waals surface area (Å²) in [5, 5.41) is 6.05. The lowest BCUT2D eigenvalue weighted by atomic mass is 10.1. The number of hydrogen-bond acceptors (Lipinski definition) is 2. The molecule has 0 aliphatic rings. The smallest absolute Gasteiger partial charge is 0.311 e. The van der Waals surface area contributed by atoms with E-state index >= 15 is 0 Å². The van der Waals surface area contributed by atoms with Crippen molar-refractivity contribution in [1.29, 1.82) is 0 Å². The van der Waals surface area contributed by atoms with Gasteiger partial charge in [0.15, 0.2) is 0 Å². The van der Waals surface area contributed by atoms with E-state index in [1.54, 1.807) is 29.0 Å². The molecule has 7 heteroatoms. The largest absolute Gasteiger partial charge is 0.406 e. The van der Waals surface area contributed by atoms with Gasteiger partial charge in [0.1, 0.15) is 6.54 Å². The highest BCUT2D eigenvalue weighted by Gasteiger charge is 2.33. The van der Waals surface area contributed by atoms with Gasteiger partial charge >= 0.3 is 12.2 Å². The second-order valence-electron chi connectivity index (χ2n) is 5.41. The molecule has 0 fully saturated rings. The number of urea groups is 1. The summed E-state index contributed by atoms with van der Waals surface area (Å²) in [6.07, 6.45) is -4.45. The van der Waals surface area contributed by atoms with Gasteiger partial charge < -0.3 is 10.2 Å². The van der Waals surface area contributed by atoms with Gasteiger partial charge in [0, 0.05) is 12.2 Å². The molecular weight excluding hydrogens is 325 g/mol. The van der Waals surface area contributed by atoms with Gasteiger partial charge in [-0.15, -0.1) is 0 Å². The molecule has 23 heavy (non-hydrogen) atoms. The Morgan fingerprint density at radius 2 is 1.87 bits per heavy atom. The summed E-state index contributed by atoms with van der Waals surface area (Å²) < 4.78 is 38.2. The van der Waals surface area contributed by atoms with Gasteiger partial charge in [0.25, 0.3) is 0 Å². The summed E-state index contributed by atoms with van der Waals surface area (Å²) in [4.78, 5) is 13.0. The first-order valence-corrected chi connectivity index (χ1v) is 7.89. The van der Waals surface area contributed by atoms with Crippen molar-refractivity contribution in [3.05, 3.63) is 51.7 Å². The van der Waals surface area contributed by atoms with Gasteiger partial charge in [-0.3, -0.25) is 0 Å². The third-order valence-corrected chi connectivity index (χ3v) is 3.82. The molecule has 0 aliphatic heterocycles. The molecule has 1 N–H and O–H groups in total. The van der Waals surface area contributed by atoms with E-state index in [0.29, 0.717) is 11.3 Å². The number of hydrogen-bond donors (Lipinski definition) is 1. The van der Waals surface area contributed by atoms with Crippen LogP contribution in [0.5, 0.6) is 0 Å². The van der Waals surface area contributed by atoms with E-state index in [1.165, 1.54) is 11.3 Å². The van der Waals surface area contributed by atoms with E-state index in [9.17, 15) is 18.0 Å². The molecule has 0 bridgehead atoms. The van der Waals surface area contributed by atoms with Crippen LogP contribution in [-0.4, -0.2) is 23.7 Å². The average molecular weight is 342 g/mol. The van der Waals surface area contributed by atoms with Gasteiger partial charge in [-0.2, -0.15) is 24.5 Å². The van der Waals surface area contributed by atoms with Crippen molar-refractivity contribution in [2.75, 3.05) is 11.9 Å². The first kappa shape index (κ1) is 17.3. The zero-order chi connectivity index (χ0) is 17.0. The average Bonchev–Trinajstić information content (AvgIpc) is 2.87. The lowest BCUT2D eigenvalue weighted by Gasteiger charge is -2.24. The molecule has 0 unspecified atom stereocenters. The second-order valence-corrected chi connectivity index (χ2v) is 6.19. The SMILES string of the molecule is Cc1cc(C)cc(NC(=O)N(Cc2ccsc2)CC(F)(F)F)c1. The van der Waals surface area contributed by atoms with Gasteiger partial charge in [-0.1, -0.05) is 6.07 Å². The highest BCUT2D eigenvalue weighted by molar-refractivity contribution is 7.07. The minimum absolute atomic E-state index is 0.0837. The first-order chi connectivity index (χ1) is 10.7. The minimum atomic E-state index is -4.45. The van der Waals surface area contributed by atoms with Crippen molar-refractivity contribution in [3.8, 4) is 0 Å². The third-order valence-electron chi connectivity index (χ3n) is 3.08. The zero-order valence-electron chi connectivity index (χ0n) is 12.8. The summed E-state index contributed by atoms with van der Waals surface area (Å²) >= 11 is 1.38. The number of halogens is 3. The summed E-state index contributed by atoms with van der Waals surface area (Å²) in [5.41, 5.74) is 3.03. The lowest BCUT2D eigenvalue weighted by molar-refractivity contribution is -0.140. The monoisotopic (exact) mass is 342 g/mol. The lowest BCUT2D eigenvalue weighted by Crippen LogP contribution is -2.40. The molecule has 2 aromatic rings. The Hall–Kier alpha value is -2.02. The fourth-order valence-corrected chi connectivity index (χ4v) is 2.93. The van der Waals surface area contributed by atoms with Crippen molar-refractivity contribution in [1.82, 2.24) is 4.90 Å². The van der Waals surface area contributed by atoms with Gasteiger partial charge in [-0.25, -0.2) is 4.79 Å². The molecule has 1 aromatic carbocycles. The molecule has 0 aliphatic carbocycles. The van der Waals surface area contributed by atoms with Crippen molar-refractivity contribution in [2.24, 2.45) is 0 Å². The number of amides is 2. The second kappa shape index (κ2) is 7.04. The predicted octanol–water partition coefficient (Wildman–Crippen LogP) is 4.96. The van der Waals surface area contributed by atoms with E-state index in [2.05, 4.69) is 5.32 Å². The molecule has 0 saturated carbocycles. The number of nitrogens with zero attached hydrogens (tertiary/aromatic N) is 1. The Labute approximate surface area is 136 Å². The summed E-state index contributed by atoms with van der Waals surface area (Å²) in [6.45, 7) is 2.35. The van der Waals surface area contributed by atoms with Crippen LogP contribution in [0.1, 0.15) is 16.7 Å². The third kappa shape index (κ3) is 5.59. The van der Waals surface area contributed by atoms with Crippen molar-refractivity contribution in [3.63, 3.8) is 0 Å². The van der Waals surface area contributed by atoms with Crippen LogP contribution in [0.3, 0.4) is 0 Å². The fourth-order valence-electron chi connectivity index (χ4n) is 2.27. The number of carbonyl (C=O) groups is 1. The maximum atomic E-state index is 12.7. The highest BCUT2D eigenvalue weighted by Crippen LogP contribution is 2.21. The van der Waals surface area contributed by atoms with Crippen molar-refractivity contribution < 1.29 is 18.0 Å². The quantitative estimate of drug-likeness (QED) is 0.837. The molecule has 0 spiro atoms. The van der Waals surface area contributed by atoms with Crippen LogP contribution in [0.4, 0.5) is 23.7 Å². The standard InChI is InChI=1S/C16H17F3N2OS/c1-11-5-12(2)7-14(6-11)20-15(22)21(10-16(17,18)19)8-13-3-4-23-9-13/h3-7,9H,8,10H2,1-2H3,(H,20,22). The molecule has 1 heterocycles. The Balaban J connectivity index is 2.14. The van der Waals surface area contributed by atoms with E-state index in [-0.39, 0.29) is 6.54 Å². The molecule has 0 radical (unpaired) electrons. The van der Waals surface area contributed by atoms with Gasteiger partial charge in [-0.05, 0) is 59.5 Å². The molecule has 2 amide bonds. The first-order valence-electron chi connectivity index (χ1n) is 6.95. The number of thiophene rings is 1. The number of anilines is 1. The van der Waals surface area contributed by atoms with Crippen molar-refractivity contribution >= 4 is 23.1 Å².